The normalized spacial score (nSPS) is 11.6. The predicted molar refractivity (Wildman–Crippen MR) is 118 cm³/mol. The lowest BCUT2D eigenvalue weighted by molar-refractivity contribution is -0.384. The summed E-state index contributed by atoms with van der Waals surface area (Å²) in [5.41, 5.74) is 7.04. The second kappa shape index (κ2) is 7.25. The average Bonchev–Trinajstić information content (AvgIpc) is 3.38. The van der Waals surface area contributed by atoms with Gasteiger partial charge in [-0.15, -0.1) is 0 Å². The fraction of sp³-hybridized carbons (Fsp3) is 0.0800. The molecule has 4 aromatic rings. The number of hydrogen-bond acceptors (Lipinski definition) is 4. The van der Waals surface area contributed by atoms with Crippen molar-refractivity contribution in [2.24, 2.45) is 0 Å². The number of aryl methyl sites for hydroxylation is 1. The molecule has 0 spiro atoms. The number of furan rings is 1. The first kappa shape index (κ1) is 18.8. The van der Waals surface area contributed by atoms with Gasteiger partial charge in [-0.2, -0.15) is 0 Å². The molecule has 0 fully saturated rings. The van der Waals surface area contributed by atoms with E-state index in [0.29, 0.717) is 22.6 Å². The van der Waals surface area contributed by atoms with Crippen LogP contribution in [0.3, 0.4) is 0 Å². The molecule has 0 unspecified atom stereocenters. The van der Waals surface area contributed by atoms with Crippen LogP contribution >= 0.6 is 0 Å². The Bertz CT molecular complexity index is 1350. The molecule has 0 saturated heterocycles. The highest BCUT2D eigenvalue weighted by atomic mass is 16.6. The number of nitro benzene ring substituents is 1. The van der Waals surface area contributed by atoms with E-state index in [1.165, 1.54) is 34.4 Å². The molecule has 0 atom stereocenters. The van der Waals surface area contributed by atoms with Crippen molar-refractivity contribution in [2.75, 3.05) is 5.32 Å². The Morgan fingerprint density at radius 2 is 1.71 bits per heavy atom. The van der Waals surface area contributed by atoms with E-state index in [1.807, 2.05) is 30.3 Å². The maximum Gasteiger partial charge on any atom is 0.291 e. The SMILES string of the molecule is Cc1cc([N+](=O)[O-])ccc1-c1ccc(C(=O)Nc2ccc3c(c2)Cc2ccccc2-3)o1. The third kappa shape index (κ3) is 3.38. The van der Waals surface area contributed by atoms with Crippen molar-refractivity contribution in [3.05, 3.63) is 105 Å². The molecule has 1 amide bonds. The van der Waals surface area contributed by atoms with E-state index in [-0.39, 0.29) is 17.4 Å². The van der Waals surface area contributed by atoms with Crippen LogP contribution in [0.15, 0.2) is 77.2 Å². The largest absolute Gasteiger partial charge is 0.451 e. The summed E-state index contributed by atoms with van der Waals surface area (Å²) in [6.45, 7) is 1.77. The summed E-state index contributed by atoms with van der Waals surface area (Å²) in [7, 11) is 0. The standard InChI is InChI=1S/C25H18N2O4/c1-15-12-19(27(29)30)7-9-20(15)23-10-11-24(31-23)25(28)26-18-6-8-22-17(14-18)13-16-4-2-3-5-21(16)22/h2-12,14H,13H2,1H3,(H,26,28). The zero-order valence-electron chi connectivity index (χ0n) is 16.7. The van der Waals surface area contributed by atoms with E-state index in [9.17, 15) is 14.9 Å². The zero-order chi connectivity index (χ0) is 21.5. The van der Waals surface area contributed by atoms with Crippen LogP contribution in [-0.4, -0.2) is 10.8 Å². The number of non-ortho nitro benzene ring substituents is 1. The summed E-state index contributed by atoms with van der Waals surface area (Å²) in [4.78, 5) is 23.2. The number of nitrogens with one attached hydrogen (secondary N) is 1. The second-order valence-electron chi connectivity index (χ2n) is 7.58. The molecule has 3 aromatic carbocycles. The number of carbonyl (C=O) groups excluding carboxylic acids is 1. The fourth-order valence-electron chi connectivity index (χ4n) is 4.06. The van der Waals surface area contributed by atoms with Crippen molar-refractivity contribution in [2.45, 2.75) is 13.3 Å². The van der Waals surface area contributed by atoms with Crippen LogP contribution in [0.5, 0.6) is 0 Å². The van der Waals surface area contributed by atoms with Crippen molar-refractivity contribution in [3.8, 4) is 22.5 Å². The van der Waals surface area contributed by atoms with Crippen LogP contribution in [0.2, 0.25) is 0 Å². The number of anilines is 1. The molecule has 1 heterocycles. The minimum atomic E-state index is -0.438. The number of amides is 1. The van der Waals surface area contributed by atoms with Gasteiger partial charge >= 0.3 is 0 Å². The van der Waals surface area contributed by atoms with Crippen LogP contribution in [0.1, 0.15) is 27.2 Å². The zero-order valence-corrected chi connectivity index (χ0v) is 16.7. The van der Waals surface area contributed by atoms with Crippen LogP contribution in [0.4, 0.5) is 11.4 Å². The molecule has 0 bridgehead atoms. The molecule has 1 aliphatic carbocycles. The number of carbonyl (C=O) groups is 1. The lowest BCUT2D eigenvalue weighted by atomic mass is 10.1. The Hall–Kier alpha value is -4.19. The van der Waals surface area contributed by atoms with Crippen molar-refractivity contribution in [1.82, 2.24) is 0 Å². The van der Waals surface area contributed by atoms with Crippen LogP contribution in [-0.2, 0) is 6.42 Å². The first-order valence-corrected chi connectivity index (χ1v) is 9.87. The molecular formula is C25H18N2O4. The van der Waals surface area contributed by atoms with Crippen molar-refractivity contribution in [3.63, 3.8) is 0 Å². The minimum absolute atomic E-state index is 0.0181. The number of fused-ring (bicyclic) bond motifs is 3. The highest BCUT2D eigenvalue weighted by Gasteiger charge is 2.19. The van der Waals surface area contributed by atoms with Crippen LogP contribution in [0, 0.1) is 17.0 Å². The fourth-order valence-corrected chi connectivity index (χ4v) is 4.06. The lowest BCUT2D eigenvalue weighted by Gasteiger charge is -2.07. The Labute approximate surface area is 178 Å². The Morgan fingerprint density at radius 3 is 2.52 bits per heavy atom. The van der Waals surface area contributed by atoms with E-state index in [2.05, 4.69) is 17.4 Å². The molecular weight excluding hydrogens is 392 g/mol. The number of hydrogen-bond donors (Lipinski definition) is 1. The third-order valence-electron chi connectivity index (χ3n) is 5.57. The van der Waals surface area contributed by atoms with Gasteiger partial charge in [-0.3, -0.25) is 14.9 Å². The van der Waals surface area contributed by atoms with Crippen molar-refractivity contribution in [1.29, 1.82) is 0 Å². The van der Waals surface area contributed by atoms with Crippen LogP contribution < -0.4 is 5.32 Å². The van der Waals surface area contributed by atoms with E-state index in [4.69, 9.17) is 4.42 Å². The molecule has 6 heteroatoms. The van der Waals surface area contributed by atoms with Gasteiger partial charge < -0.3 is 9.73 Å². The van der Waals surface area contributed by atoms with Gasteiger partial charge in [0.15, 0.2) is 5.76 Å². The summed E-state index contributed by atoms with van der Waals surface area (Å²) < 4.78 is 5.75. The molecule has 152 valence electrons. The molecule has 0 aliphatic heterocycles. The molecule has 0 saturated carbocycles. The number of rotatable bonds is 4. The van der Waals surface area contributed by atoms with E-state index in [0.717, 1.165) is 6.42 Å². The van der Waals surface area contributed by atoms with Gasteiger partial charge in [-0.05, 0) is 71.5 Å². The minimum Gasteiger partial charge on any atom is -0.451 e. The monoisotopic (exact) mass is 410 g/mol. The van der Waals surface area contributed by atoms with E-state index < -0.39 is 4.92 Å². The van der Waals surface area contributed by atoms with Gasteiger partial charge in [-0.25, -0.2) is 0 Å². The van der Waals surface area contributed by atoms with Gasteiger partial charge in [0, 0.05) is 23.4 Å². The summed E-state index contributed by atoms with van der Waals surface area (Å²) >= 11 is 0. The maximum absolute atomic E-state index is 12.7. The van der Waals surface area contributed by atoms with Gasteiger partial charge in [0.1, 0.15) is 5.76 Å². The molecule has 1 N–H and O–H groups in total. The van der Waals surface area contributed by atoms with Gasteiger partial charge in [0.25, 0.3) is 11.6 Å². The predicted octanol–water partition coefficient (Wildman–Crippen LogP) is 5.99. The highest BCUT2D eigenvalue weighted by molar-refractivity contribution is 6.03. The van der Waals surface area contributed by atoms with Crippen molar-refractivity contribution >= 4 is 17.3 Å². The summed E-state index contributed by atoms with van der Waals surface area (Å²) in [6, 6.07) is 22.1. The summed E-state index contributed by atoms with van der Waals surface area (Å²) in [5, 5.41) is 13.8. The third-order valence-corrected chi connectivity index (χ3v) is 5.57. The topological polar surface area (TPSA) is 85.4 Å². The van der Waals surface area contributed by atoms with E-state index in [1.54, 1.807) is 25.1 Å². The second-order valence-corrected chi connectivity index (χ2v) is 7.58. The molecule has 1 aromatic heterocycles. The molecule has 5 rings (SSSR count). The number of benzene rings is 3. The first-order valence-electron chi connectivity index (χ1n) is 9.87. The lowest BCUT2D eigenvalue weighted by Crippen LogP contribution is -2.11. The molecule has 0 radical (unpaired) electrons. The molecule has 6 nitrogen and oxygen atoms in total. The summed E-state index contributed by atoms with van der Waals surface area (Å²) in [5.74, 6) is 0.319. The Balaban J connectivity index is 1.35. The Kier molecular flexibility index (Phi) is 4.40. The smallest absolute Gasteiger partial charge is 0.291 e. The summed E-state index contributed by atoms with van der Waals surface area (Å²) in [6.07, 6.45) is 0.847. The average molecular weight is 410 g/mol. The number of nitro groups is 1. The van der Waals surface area contributed by atoms with Gasteiger partial charge in [0.2, 0.25) is 0 Å². The van der Waals surface area contributed by atoms with Gasteiger partial charge in [0.05, 0.1) is 4.92 Å². The quantitative estimate of drug-likeness (QED) is 0.291. The van der Waals surface area contributed by atoms with Crippen LogP contribution in [0.25, 0.3) is 22.5 Å². The first-order chi connectivity index (χ1) is 15.0. The van der Waals surface area contributed by atoms with Gasteiger partial charge in [-0.1, -0.05) is 30.3 Å². The highest BCUT2D eigenvalue weighted by Crippen LogP contribution is 2.37. The maximum atomic E-state index is 12.7. The van der Waals surface area contributed by atoms with Crippen molar-refractivity contribution < 1.29 is 14.1 Å². The molecule has 31 heavy (non-hydrogen) atoms. The Morgan fingerprint density at radius 1 is 0.935 bits per heavy atom. The number of nitrogens with zero attached hydrogens (tertiary/aromatic N) is 1. The van der Waals surface area contributed by atoms with E-state index >= 15 is 0 Å². The molecule has 1 aliphatic rings.